The van der Waals surface area contributed by atoms with Gasteiger partial charge < -0.3 is 5.32 Å². The molecular formula is C19H18N2O3S. The number of aryl methyl sites for hydroxylation is 1. The molecule has 0 fully saturated rings. The molecular weight excluding hydrogens is 336 g/mol. The van der Waals surface area contributed by atoms with E-state index in [1.54, 1.807) is 24.4 Å². The van der Waals surface area contributed by atoms with Crippen molar-refractivity contribution in [1.82, 2.24) is 4.98 Å². The molecule has 25 heavy (non-hydrogen) atoms. The molecule has 0 radical (unpaired) electrons. The zero-order chi connectivity index (χ0) is 17.9. The maximum atomic E-state index is 12.6. The Morgan fingerprint density at radius 2 is 1.84 bits per heavy atom. The molecule has 3 aromatic rings. The van der Waals surface area contributed by atoms with Gasteiger partial charge in [0, 0.05) is 23.7 Å². The van der Waals surface area contributed by atoms with Gasteiger partial charge in [0.2, 0.25) is 5.91 Å². The Morgan fingerprint density at radius 3 is 2.64 bits per heavy atom. The second-order valence-electron chi connectivity index (χ2n) is 5.82. The van der Waals surface area contributed by atoms with Crippen molar-refractivity contribution in [3.05, 3.63) is 66.4 Å². The largest absolute Gasteiger partial charge is 0.326 e. The van der Waals surface area contributed by atoms with Gasteiger partial charge in [-0.25, -0.2) is 8.42 Å². The van der Waals surface area contributed by atoms with E-state index in [1.807, 2.05) is 37.3 Å². The molecule has 0 atom stereocenters. The lowest BCUT2D eigenvalue weighted by molar-refractivity contribution is -0.115. The van der Waals surface area contributed by atoms with Crippen LogP contribution in [0, 0.1) is 6.92 Å². The van der Waals surface area contributed by atoms with Gasteiger partial charge in [-0.15, -0.1) is 0 Å². The lowest BCUT2D eigenvalue weighted by atomic mass is 10.2. The average molecular weight is 354 g/mol. The first-order valence-electron chi connectivity index (χ1n) is 7.89. The molecule has 1 amide bonds. The zero-order valence-electron chi connectivity index (χ0n) is 13.8. The summed E-state index contributed by atoms with van der Waals surface area (Å²) >= 11 is 0. The van der Waals surface area contributed by atoms with Crippen LogP contribution in [0.3, 0.4) is 0 Å². The third kappa shape index (κ3) is 4.03. The molecule has 2 aromatic carbocycles. The molecule has 1 aromatic heterocycles. The Morgan fingerprint density at radius 1 is 1.08 bits per heavy atom. The van der Waals surface area contributed by atoms with Crippen LogP contribution in [-0.4, -0.2) is 25.1 Å². The normalized spacial score (nSPS) is 11.4. The predicted octanol–water partition coefficient (Wildman–Crippen LogP) is 3.35. The minimum absolute atomic E-state index is 0.112. The molecule has 1 heterocycles. The quantitative estimate of drug-likeness (QED) is 0.762. The minimum Gasteiger partial charge on any atom is -0.326 e. The van der Waals surface area contributed by atoms with E-state index in [4.69, 9.17) is 0 Å². The summed E-state index contributed by atoms with van der Waals surface area (Å²) in [5.41, 5.74) is 2.12. The van der Waals surface area contributed by atoms with Crippen LogP contribution in [0.1, 0.15) is 12.0 Å². The second kappa shape index (κ2) is 7.03. The Bertz CT molecular complexity index is 1020. The van der Waals surface area contributed by atoms with Crippen molar-refractivity contribution < 1.29 is 13.2 Å². The fourth-order valence-electron chi connectivity index (χ4n) is 2.61. The number of carbonyl (C=O) groups is 1. The third-order valence-corrected chi connectivity index (χ3v) is 5.57. The maximum Gasteiger partial charge on any atom is 0.225 e. The van der Waals surface area contributed by atoms with Crippen LogP contribution in [0.5, 0.6) is 0 Å². The summed E-state index contributed by atoms with van der Waals surface area (Å²) in [7, 11) is -3.61. The SMILES string of the molecule is Cc1cccc(NC(=O)CCS(=O)(=O)c2cccc3cccnc23)c1. The molecule has 128 valence electrons. The highest BCUT2D eigenvalue weighted by molar-refractivity contribution is 7.91. The van der Waals surface area contributed by atoms with Crippen molar-refractivity contribution in [2.24, 2.45) is 0 Å². The summed E-state index contributed by atoms with van der Waals surface area (Å²) in [6.45, 7) is 1.92. The van der Waals surface area contributed by atoms with E-state index in [2.05, 4.69) is 10.3 Å². The highest BCUT2D eigenvalue weighted by atomic mass is 32.2. The average Bonchev–Trinajstić information content (AvgIpc) is 2.59. The van der Waals surface area contributed by atoms with Crippen LogP contribution in [0.15, 0.2) is 65.7 Å². The predicted molar refractivity (Wildman–Crippen MR) is 98.2 cm³/mol. The molecule has 5 nitrogen and oxygen atoms in total. The number of pyridine rings is 1. The number of para-hydroxylation sites is 1. The highest BCUT2D eigenvalue weighted by Gasteiger charge is 2.19. The van der Waals surface area contributed by atoms with Gasteiger partial charge in [-0.1, -0.05) is 30.3 Å². The van der Waals surface area contributed by atoms with Gasteiger partial charge in [0.1, 0.15) is 0 Å². The van der Waals surface area contributed by atoms with Gasteiger partial charge >= 0.3 is 0 Å². The third-order valence-electron chi connectivity index (χ3n) is 3.83. The first kappa shape index (κ1) is 17.1. The van der Waals surface area contributed by atoms with Crippen LogP contribution in [-0.2, 0) is 14.6 Å². The van der Waals surface area contributed by atoms with Crippen LogP contribution < -0.4 is 5.32 Å². The van der Waals surface area contributed by atoms with E-state index in [0.717, 1.165) is 10.9 Å². The molecule has 3 rings (SSSR count). The number of carbonyl (C=O) groups excluding carboxylic acids is 1. The van der Waals surface area contributed by atoms with Crippen molar-refractivity contribution in [2.75, 3.05) is 11.1 Å². The lowest BCUT2D eigenvalue weighted by Crippen LogP contribution is -2.17. The second-order valence-corrected chi connectivity index (χ2v) is 7.90. The number of hydrogen-bond acceptors (Lipinski definition) is 4. The number of hydrogen-bond donors (Lipinski definition) is 1. The molecule has 6 heteroatoms. The molecule has 0 saturated heterocycles. The van der Waals surface area contributed by atoms with Gasteiger partial charge in [0.15, 0.2) is 9.84 Å². The summed E-state index contributed by atoms with van der Waals surface area (Å²) in [6, 6.07) is 16.0. The molecule has 0 bridgehead atoms. The number of amides is 1. The van der Waals surface area contributed by atoms with Crippen molar-refractivity contribution in [1.29, 1.82) is 0 Å². The number of benzene rings is 2. The maximum absolute atomic E-state index is 12.6. The van der Waals surface area contributed by atoms with E-state index in [0.29, 0.717) is 11.2 Å². The molecule has 0 aliphatic heterocycles. The minimum atomic E-state index is -3.61. The topological polar surface area (TPSA) is 76.1 Å². The zero-order valence-corrected chi connectivity index (χ0v) is 14.6. The smallest absolute Gasteiger partial charge is 0.225 e. The first-order valence-corrected chi connectivity index (χ1v) is 9.54. The number of fused-ring (bicyclic) bond motifs is 1. The Hall–Kier alpha value is -2.73. The van der Waals surface area contributed by atoms with Crippen molar-refractivity contribution in [2.45, 2.75) is 18.2 Å². The summed E-state index contributed by atoms with van der Waals surface area (Å²) in [4.78, 5) is 16.4. The molecule has 0 saturated carbocycles. The standard InChI is InChI=1S/C19H18N2O3S/c1-14-5-2-8-16(13-14)21-18(22)10-12-25(23,24)17-9-3-6-15-7-4-11-20-19(15)17/h2-9,11,13H,10,12H2,1H3,(H,21,22). The molecule has 0 spiro atoms. The highest BCUT2D eigenvalue weighted by Crippen LogP contribution is 2.22. The van der Waals surface area contributed by atoms with E-state index < -0.39 is 9.84 Å². The lowest BCUT2D eigenvalue weighted by Gasteiger charge is -2.08. The number of anilines is 1. The van der Waals surface area contributed by atoms with Gasteiger partial charge in [-0.3, -0.25) is 9.78 Å². The van der Waals surface area contributed by atoms with Crippen LogP contribution in [0.4, 0.5) is 5.69 Å². The molecule has 0 aliphatic rings. The van der Waals surface area contributed by atoms with Crippen LogP contribution in [0.25, 0.3) is 10.9 Å². The Kier molecular flexibility index (Phi) is 4.81. The van der Waals surface area contributed by atoms with Crippen LogP contribution in [0.2, 0.25) is 0 Å². The molecule has 1 N–H and O–H groups in total. The van der Waals surface area contributed by atoms with Crippen LogP contribution >= 0.6 is 0 Å². The summed E-state index contributed by atoms with van der Waals surface area (Å²) in [5.74, 6) is -0.595. The summed E-state index contributed by atoms with van der Waals surface area (Å²) < 4.78 is 25.3. The Balaban J connectivity index is 1.74. The first-order chi connectivity index (χ1) is 12.0. The van der Waals surface area contributed by atoms with E-state index in [1.165, 1.54) is 6.07 Å². The fraction of sp³-hybridized carbons (Fsp3) is 0.158. The number of nitrogens with one attached hydrogen (secondary N) is 1. The van der Waals surface area contributed by atoms with Gasteiger partial charge in [0.05, 0.1) is 16.2 Å². The van der Waals surface area contributed by atoms with Crippen molar-refractivity contribution in [3.63, 3.8) is 0 Å². The van der Waals surface area contributed by atoms with Gasteiger partial charge in [-0.2, -0.15) is 0 Å². The number of sulfone groups is 1. The van der Waals surface area contributed by atoms with Gasteiger partial charge in [0.25, 0.3) is 0 Å². The van der Waals surface area contributed by atoms with Gasteiger partial charge in [-0.05, 0) is 36.8 Å². The molecule has 0 unspecified atom stereocenters. The van der Waals surface area contributed by atoms with Crippen molar-refractivity contribution in [3.8, 4) is 0 Å². The van der Waals surface area contributed by atoms with E-state index in [-0.39, 0.29) is 23.0 Å². The molecule has 0 aliphatic carbocycles. The number of nitrogens with zero attached hydrogens (tertiary/aromatic N) is 1. The number of aromatic nitrogens is 1. The van der Waals surface area contributed by atoms with Crippen molar-refractivity contribution >= 4 is 32.3 Å². The summed E-state index contributed by atoms with van der Waals surface area (Å²) in [6.07, 6.45) is 1.45. The summed E-state index contributed by atoms with van der Waals surface area (Å²) in [5, 5.41) is 3.48. The van der Waals surface area contributed by atoms with E-state index in [9.17, 15) is 13.2 Å². The number of rotatable bonds is 5. The van der Waals surface area contributed by atoms with E-state index >= 15 is 0 Å². The monoisotopic (exact) mass is 354 g/mol. The fourth-order valence-corrected chi connectivity index (χ4v) is 4.04. The Labute approximate surface area is 146 Å².